The molecule has 0 atom stereocenters. The van der Waals surface area contributed by atoms with E-state index in [0.29, 0.717) is 39.6 Å². The maximum absolute atomic E-state index is 10.8. The molecule has 7 aromatic rings. The van der Waals surface area contributed by atoms with E-state index < -0.39 is 96.3 Å². The minimum atomic E-state index is -4.17. The van der Waals surface area contributed by atoms with Gasteiger partial charge in [0.2, 0.25) is 38.3 Å². The van der Waals surface area contributed by atoms with E-state index in [2.05, 4.69) is 45.1 Å². The van der Waals surface area contributed by atoms with Gasteiger partial charge in [-0.05, 0) is 45.4 Å². The molecule has 0 saturated carbocycles. The van der Waals surface area contributed by atoms with Crippen LogP contribution < -0.4 is 105 Å². The van der Waals surface area contributed by atoms with Gasteiger partial charge in [-0.1, -0.05) is 242 Å². The maximum Gasteiger partial charge on any atom is 1.00 e. The Balaban J connectivity index is -0.000000135. The summed E-state index contributed by atoms with van der Waals surface area (Å²) in [5, 5.41) is 21.2. The molecule has 1 aliphatic heterocycles. The average Bonchev–Trinajstić information content (AvgIpc) is 0.920. The number of nitrogens with two attached hydrogens (primary N) is 1. The van der Waals surface area contributed by atoms with E-state index in [0.717, 1.165) is 53.0 Å². The number of hydrogen-bond donors (Lipinski definition) is 5. The number of aliphatic hydroxyl groups excluding tert-OH is 2. The van der Waals surface area contributed by atoms with Gasteiger partial charge in [-0.25, -0.2) is 68.3 Å². The van der Waals surface area contributed by atoms with Crippen molar-refractivity contribution in [2.45, 2.75) is 81.9 Å². The molecular weight excluding hydrogens is 1770 g/mol. The van der Waals surface area contributed by atoms with Crippen LogP contribution in [0.15, 0.2) is 212 Å². The van der Waals surface area contributed by atoms with Crippen molar-refractivity contribution in [2.75, 3.05) is 112 Å². The average molecular weight is 1880 g/mol. The van der Waals surface area contributed by atoms with Crippen molar-refractivity contribution in [1.29, 1.82) is 0 Å². The normalized spacial score (nSPS) is 11.4. The van der Waals surface area contributed by atoms with Gasteiger partial charge in [0.15, 0.2) is 0 Å². The molecule has 8 rings (SSSR count). The van der Waals surface area contributed by atoms with Gasteiger partial charge in [-0.3, -0.25) is 0 Å². The summed E-state index contributed by atoms with van der Waals surface area (Å²) in [5.41, 5.74) is 7.31. The summed E-state index contributed by atoms with van der Waals surface area (Å²) in [6, 6.07) is 67.5. The number of primary sulfonamides is 1. The fourth-order valence-corrected chi connectivity index (χ4v) is 9.77. The van der Waals surface area contributed by atoms with Gasteiger partial charge < -0.3 is 64.1 Å². The van der Waals surface area contributed by atoms with Gasteiger partial charge in [0, 0.05) is 51.2 Å². The summed E-state index contributed by atoms with van der Waals surface area (Å²) in [6.45, 7) is 6.52. The SMILES string of the molecule is C.C.C.CCCOCc1ccccc1.CS(=O)(=O)CCOCc1ccccc1.CS(=O)(=O)CCOCc1ccccc1.N.NS(=O)(=O)CCOCc1ccccc1.O=S(=O)(Cl)CCOCc1ccccc1.O=S(=O)([O-])CCO.O=S(=O)([O-])CCOCc1ccccc1.O=S(Cl)Cl.O=S1(=O)CCOCN1.OCc1ccccc1.[Na+].[Na+].[Na+].[OH-]. The predicted molar refractivity (Wildman–Crippen MR) is 447 cm³/mol. The molecule has 0 amide bonds. The second-order valence-corrected chi connectivity index (χ2v) is 38.3. The number of hydrogen-bond acceptors (Lipinski definition) is 28. The first-order chi connectivity index (χ1) is 50.8. The number of sulfonamides is 2. The van der Waals surface area contributed by atoms with Crippen molar-refractivity contribution in [3.05, 3.63) is 251 Å². The third kappa shape index (κ3) is 104. The molecule has 44 heteroatoms. The molecule has 1 fully saturated rings. The number of halogens is 3. The third-order valence-corrected chi connectivity index (χ3v) is 18.2. The van der Waals surface area contributed by atoms with E-state index in [1.54, 1.807) is 0 Å². The predicted octanol–water partition coefficient (Wildman–Crippen LogP) is 0.665. The number of ether oxygens (including phenoxy) is 7. The number of sulfone groups is 2. The van der Waals surface area contributed by atoms with Crippen LogP contribution >= 0.6 is 32.0 Å². The van der Waals surface area contributed by atoms with Crippen LogP contribution in [-0.2, 0) is 158 Å². The second-order valence-electron chi connectivity index (χ2n) is 21.7. The summed E-state index contributed by atoms with van der Waals surface area (Å²) in [4.78, 5) is 0. The van der Waals surface area contributed by atoms with Gasteiger partial charge in [-0.2, -0.15) is 4.72 Å². The fourth-order valence-electron chi connectivity index (χ4n) is 6.78. The van der Waals surface area contributed by atoms with Crippen LogP contribution in [0.25, 0.3) is 0 Å². The van der Waals surface area contributed by atoms with Crippen LogP contribution in [0.4, 0.5) is 0 Å². The van der Waals surface area contributed by atoms with Gasteiger partial charge in [0.05, 0.1) is 153 Å². The van der Waals surface area contributed by atoms with E-state index in [-0.39, 0.29) is 198 Å². The Kier molecular flexibility index (Phi) is 95.1. The van der Waals surface area contributed by atoms with Crippen molar-refractivity contribution < 1.29 is 210 Å². The van der Waals surface area contributed by atoms with Gasteiger partial charge >= 0.3 is 88.7 Å². The molecule has 0 aliphatic carbocycles. The van der Waals surface area contributed by atoms with E-state index in [9.17, 15) is 68.0 Å². The molecule has 0 bridgehead atoms. The smallest absolute Gasteiger partial charge is 0.870 e. The molecule has 7 aromatic carbocycles. The molecule has 1 heterocycles. The number of rotatable bonds is 32. The first-order valence-electron chi connectivity index (χ1n) is 32.2. The summed E-state index contributed by atoms with van der Waals surface area (Å²) >= 11 is 0. The van der Waals surface area contributed by atoms with Crippen LogP contribution in [0.2, 0.25) is 0 Å². The molecular formula is C72H113Cl3N3Na3O27S8. The molecule has 1 saturated heterocycles. The monoisotopic (exact) mass is 1880 g/mol. The summed E-state index contributed by atoms with van der Waals surface area (Å²) < 4.78 is 212. The standard InChI is InChI=1S/2C10H14O3S.C10H14O.C9H11ClO3S.C9H13NO3S.C9H12O4S.C7H8O.C3H7NO3S.C2H6O4S.3CH4.Cl2OS.H3N.3Na.H2O/c2*1-14(11,12)8-7-13-9-10-5-3-2-4-6-10;1-2-8-11-9-10-6-4-3-5-7-10;3*10-14(11,12)7-6-13-8-9-4-2-1-3-5-9;8-6-7-4-2-1-3-5-7;5-8(6)2-1-7-3-4-8;3-1-2-7(4,5)6;;;;1-4(2)3;;;;;/h2*2-6H,7-9H2,1H3;3-7H,2,8-9H2,1H3;1-5H,6-8H2;1-5H,6-8H2,(H2,10,11,12);1-5H,6-8H2,(H,10,11,12);1-5,8H,6H2;4H,1-3H2;3H,1-2H2,(H,4,5,6);3*1H4;;1H3;;;;1H2/q;;;;;;;;;;;;;;3*+1;/p-3. The quantitative estimate of drug-likeness (QED) is 0.0167. The van der Waals surface area contributed by atoms with Crippen molar-refractivity contribution in [2.24, 2.45) is 5.14 Å². The zero-order valence-electron chi connectivity index (χ0n) is 64.0. The Morgan fingerprint density at radius 2 is 0.672 bits per heavy atom. The van der Waals surface area contributed by atoms with Crippen molar-refractivity contribution >= 4 is 110 Å². The zero-order valence-corrected chi connectivity index (χ0v) is 78.8. The molecule has 0 unspecified atom stereocenters. The molecule has 0 spiro atoms. The number of nitrogens with one attached hydrogen (secondary N) is 1. The fraction of sp³-hybridized carbons (Fsp3) is 0.417. The van der Waals surface area contributed by atoms with E-state index >= 15 is 0 Å². The molecule has 116 heavy (non-hydrogen) atoms. The van der Waals surface area contributed by atoms with Crippen LogP contribution in [-0.4, -0.2) is 200 Å². The molecule has 650 valence electrons. The molecule has 30 nitrogen and oxygen atoms in total. The van der Waals surface area contributed by atoms with E-state index in [1.807, 2.05) is 200 Å². The van der Waals surface area contributed by atoms with Gasteiger partial charge in [0.25, 0.3) is 0 Å². The van der Waals surface area contributed by atoms with Crippen molar-refractivity contribution in [1.82, 2.24) is 10.9 Å². The first kappa shape index (κ1) is 134. The third-order valence-electron chi connectivity index (χ3n) is 11.9. The van der Waals surface area contributed by atoms with Crippen LogP contribution in [0.5, 0.6) is 0 Å². The molecule has 1 aliphatic rings. The van der Waals surface area contributed by atoms with Crippen molar-refractivity contribution in [3.8, 4) is 0 Å². The zero-order chi connectivity index (χ0) is 81.5. The minimum absolute atomic E-state index is 0. The Morgan fingerprint density at radius 3 is 0.836 bits per heavy atom. The molecule has 9 N–H and O–H groups in total. The summed E-state index contributed by atoms with van der Waals surface area (Å²) in [5.74, 6) is -1.19. The Labute approximate surface area is 772 Å². The van der Waals surface area contributed by atoms with E-state index in [4.69, 9.17) is 63.4 Å². The van der Waals surface area contributed by atoms with Gasteiger partial charge in [0.1, 0.15) is 26.4 Å². The molecule has 0 radical (unpaired) electrons. The Morgan fingerprint density at radius 1 is 0.440 bits per heavy atom. The Hall–Kier alpha value is -2.39. The Bertz CT molecular complexity index is 3790. The first-order valence-corrected chi connectivity index (χ1v) is 48.1. The van der Waals surface area contributed by atoms with Crippen LogP contribution in [0.3, 0.4) is 0 Å². The maximum atomic E-state index is 10.8. The summed E-state index contributed by atoms with van der Waals surface area (Å²) in [6.07, 6.45) is 3.50. The topological polar surface area (TPSA) is 510 Å². The number of aliphatic hydroxyl groups is 2. The second kappa shape index (κ2) is 82.2. The van der Waals surface area contributed by atoms with Crippen molar-refractivity contribution in [3.63, 3.8) is 0 Å². The minimum Gasteiger partial charge on any atom is -0.870 e. The largest absolute Gasteiger partial charge is 1.00 e. The number of benzene rings is 7. The van der Waals surface area contributed by atoms with Crippen LogP contribution in [0.1, 0.15) is 74.6 Å². The molecule has 0 aromatic heterocycles. The van der Waals surface area contributed by atoms with Gasteiger partial charge in [-0.15, -0.1) is 0 Å². The van der Waals surface area contributed by atoms with Crippen LogP contribution in [0, 0.1) is 0 Å². The summed E-state index contributed by atoms with van der Waals surface area (Å²) in [7, 11) is -11.6. The van der Waals surface area contributed by atoms with E-state index in [1.165, 1.54) is 18.1 Å².